The van der Waals surface area contributed by atoms with Crippen LogP contribution in [-0.2, 0) is 0 Å². The Morgan fingerprint density at radius 2 is 1.71 bits per heavy atom. The molecular weight excluding hydrogens is 284 g/mol. The fourth-order valence-corrected chi connectivity index (χ4v) is 2.49. The Morgan fingerprint density at radius 3 is 2.38 bits per heavy atom. The van der Waals surface area contributed by atoms with Crippen LogP contribution >= 0.6 is 11.6 Å². The maximum atomic E-state index is 5.96. The zero-order chi connectivity index (χ0) is 14.8. The van der Waals surface area contributed by atoms with Gasteiger partial charge in [0.25, 0.3) is 0 Å². The average molecular weight is 301 g/mol. The van der Waals surface area contributed by atoms with E-state index in [4.69, 9.17) is 16.7 Å². The molecule has 2 aromatic rings. The molecule has 4 nitrogen and oxygen atoms in total. The van der Waals surface area contributed by atoms with Crippen LogP contribution in [0.2, 0.25) is 5.02 Å². The summed E-state index contributed by atoms with van der Waals surface area (Å²) in [7, 11) is 1.96. The fraction of sp³-hybridized carbons (Fsp3) is 0.188. The summed E-state index contributed by atoms with van der Waals surface area (Å²) < 4.78 is 0. The van der Waals surface area contributed by atoms with Gasteiger partial charge in [-0.1, -0.05) is 29.8 Å². The second-order valence-electron chi connectivity index (χ2n) is 4.97. The normalized spacial score (nSPS) is 18.6. The molecule has 0 aromatic heterocycles. The van der Waals surface area contributed by atoms with Gasteiger partial charge in [0.15, 0.2) is 5.84 Å². The minimum Gasteiger partial charge on any atom is -0.291 e. The molecule has 1 aliphatic heterocycles. The Kier molecular flexibility index (Phi) is 3.82. The van der Waals surface area contributed by atoms with Gasteiger partial charge in [0, 0.05) is 17.6 Å². The minimum atomic E-state index is 0.0773. The molecule has 108 valence electrons. The minimum absolute atomic E-state index is 0.0773. The predicted octanol–water partition coefficient (Wildman–Crippen LogP) is 3.30. The number of nitrogens with zero attached hydrogens (tertiary/aromatic N) is 3. The lowest BCUT2D eigenvalue weighted by Gasteiger charge is -2.38. The standard InChI is InChI=1S/C16H17ClN4/c1-12-18-20(2)16(13-8-10-14(17)11-9-13)19-21(12)15-6-4-3-5-7-15/h3-12,18H,1-2H3. The quantitative estimate of drug-likeness (QED) is 0.923. The largest absolute Gasteiger partial charge is 0.291 e. The predicted molar refractivity (Wildman–Crippen MR) is 87.3 cm³/mol. The van der Waals surface area contributed by atoms with Crippen molar-refractivity contribution in [2.75, 3.05) is 12.1 Å². The van der Waals surface area contributed by atoms with Gasteiger partial charge in [0.1, 0.15) is 6.17 Å². The van der Waals surface area contributed by atoms with E-state index in [2.05, 4.69) is 12.3 Å². The molecule has 0 amide bonds. The average Bonchev–Trinajstić information content (AvgIpc) is 2.49. The van der Waals surface area contributed by atoms with Crippen LogP contribution in [0.15, 0.2) is 59.7 Å². The first-order valence-electron chi connectivity index (χ1n) is 6.84. The molecule has 1 atom stereocenters. The van der Waals surface area contributed by atoms with Gasteiger partial charge in [-0.05, 0) is 43.3 Å². The molecule has 1 unspecified atom stereocenters. The molecule has 1 aliphatic rings. The van der Waals surface area contributed by atoms with E-state index in [0.717, 1.165) is 22.1 Å². The van der Waals surface area contributed by atoms with E-state index >= 15 is 0 Å². The maximum absolute atomic E-state index is 5.96. The van der Waals surface area contributed by atoms with E-state index in [1.54, 1.807) is 0 Å². The van der Waals surface area contributed by atoms with E-state index in [1.807, 2.05) is 71.7 Å². The summed E-state index contributed by atoms with van der Waals surface area (Å²) in [5, 5.41) is 9.42. The Balaban J connectivity index is 2.00. The third-order valence-electron chi connectivity index (χ3n) is 3.39. The van der Waals surface area contributed by atoms with Crippen LogP contribution in [0.5, 0.6) is 0 Å². The van der Waals surface area contributed by atoms with E-state index in [-0.39, 0.29) is 6.17 Å². The molecule has 0 bridgehead atoms. The number of benzene rings is 2. The van der Waals surface area contributed by atoms with Gasteiger partial charge in [-0.15, -0.1) is 0 Å². The van der Waals surface area contributed by atoms with Crippen molar-refractivity contribution in [3.8, 4) is 0 Å². The first-order chi connectivity index (χ1) is 10.1. The number of halogens is 1. The maximum Gasteiger partial charge on any atom is 0.170 e. The third-order valence-corrected chi connectivity index (χ3v) is 3.64. The van der Waals surface area contributed by atoms with Gasteiger partial charge >= 0.3 is 0 Å². The second-order valence-corrected chi connectivity index (χ2v) is 5.41. The van der Waals surface area contributed by atoms with Crippen LogP contribution in [0.1, 0.15) is 12.5 Å². The molecule has 1 N–H and O–H groups in total. The van der Waals surface area contributed by atoms with E-state index in [9.17, 15) is 0 Å². The zero-order valence-corrected chi connectivity index (χ0v) is 12.7. The Bertz CT molecular complexity index is 639. The van der Waals surface area contributed by atoms with Gasteiger partial charge < -0.3 is 0 Å². The van der Waals surface area contributed by atoms with E-state index < -0.39 is 0 Å². The monoisotopic (exact) mass is 300 g/mol. The molecule has 21 heavy (non-hydrogen) atoms. The summed E-state index contributed by atoms with van der Waals surface area (Å²) in [5.74, 6) is 0.855. The Hall–Kier alpha value is -2.04. The summed E-state index contributed by atoms with van der Waals surface area (Å²) in [5.41, 5.74) is 5.46. The lowest BCUT2D eigenvalue weighted by molar-refractivity contribution is 0.286. The van der Waals surface area contributed by atoms with E-state index in [0.29, 0.717) is 0 Å². The van der Waals surface area contributed by atoms with Gasteiger partial charge in [0.2, 0.25) is 0 Å². The molecule has 1 heterocycles. The summed E-state index contributed by atoms with van der Waals surface area (Å²) >= 11 is 5.96. The number of hydrogen-bond acceptors (Lipinski definition) is 4. The molecule has 0 fully saturated rings. The molecule has 3 rings (SSSR count). The summed E-state index contributed by atoms with van der Waals surface area (Å²) in [6, 6.07) is 17.8. The van der Waals surface area contributed by atoms with Crippen molar-refractivity contribution in [3.63, 3.8) is 0 Å². The van der Waals surface area contributed by atoms with Crippen LogP contribution < -0.4 is 10.4 Å². The molecule has 0 aliphatic carbocycles. The van der Waals surface area contributed by atoms with Gasteiger partial charge in [0.05, 0.1) is 5.69 Å². The van der Waals surface area contributed by atoms with Crippen molar-refractivity contribution in [2.45, 2.75) is 13.1 Å². The van der Waals surface area contributed by atoms with Gasteiger partial charge in [-0.3, -0.25) is 5.01 Å². The van der Waals surface area contributed by atoms with Crippen molar-refractivity contribution in [2.24, 2.45) is 5.10 Å². The van der Waals surface area contributed by atoms with E-state index in [1.165, 1.54) is 0 Å². The number of para-hydroxylation sites is 1. The number of anilines is 1. The first kappa shape index (κ1) is 13.9. The molecule has 0 spiro atoms. The lowest BCUT2D eigenvalue weighted by Crippen LogP contribution is -2.56. The summed E-state index contributed by atoms with van der Waals surface area (Å²) in [4.78, 5) is 0. The summed E-state index contributed by atoms with van der Waals surface area (Å²) in [6.07, 6.45) is 0.0773. The SMILES string of the molecule is CC1NN(C)C(c2ccc(Cl)cc2)=NN1c1ccccc1. The number of rotatable bonds is 2. The first-order valence-corrected chi connectivity index (χ1v) is 7.21. The van der Waals surface area contributed by atoms with Crippen LogP contribution in [-0.4, -0.2) is 24.1 Å². The second kappa shape index (κ2) is 5.76. The van der Waals surface area contributed by atoms with Crippen LogP contribution in [0, 0.1) is 0 Å². The molecule has 0 saturated heterocycles. The van der Waals surface area contributed by atoms with Crippen molar-refractivity contribution >= 4 is 23.1 Å². The van der Waals surface area contributed by atoms with Gasteiger partial charge in [-0.2, -0.15) is 5.10 Å². The molecule has 0 saturated carbocycles. The van der Waals surface area contributed by atoms with Crippen molar-refractivity contribution in [1.29, 1.82) is 0 Å². The van der Waals surface area contributed by atoms with Crippen molar-refractivity contribution < 1.29 is 0 Å². The van der Waals surface area contributed by atoms with Crippen LogP contribution in [0.3, 0.4) is 0 Å². The molecule has 0 radical (unpaired) electrons. The number of hydrogen-bond donors (Lipinski definition) is 1. The highest BCUT2D eigenvalue weighted by Gasteiger charge is 2.24. The number of nitrogens with one attached hydrogen (secondary N) is 1. The van der Waals surface area contributed by atoms with Crippen LogP contribution in [0.25, 0.3) is 0 Å². The Labute approximate surface area is 129 Å². The fourth-order valence-electron chi connectivity index (χ4n) is 2.36. The highest BCUT2D eigenvalue weighted by atomic mass is 35.5. The number of amidine groups is 1. The highest BCUT2D eigenvalue weighted by molar-refractivity contribution is 6.30. The number of hydrazine groups is 1. The van der Waals surface area contributed by atoms with Crippen molar-refractivity contribution in [3.05, 3.63) is 65.2 Å². The van der Waals surface area contributed by atoms with Crippen molar-refractivity contribution in [1.82, 2.24) is 10.4 Å². The third kappa shape index (κ3) is 2.86. The molecule has 2 aromatic carbocycles. The lowest BCUT2D eigenvalue weighted by atomic mass is 10.2. The Morgan fingerprint density at radius 1 is 1.05 bits per heavy atom. The summed E-state index contributed by atoms with van der Waals surface area (Å²) in [6.45, 7) is 2.08. The highest BCUT2D eigenvalue weighted by Crippen LogP contribution is 2.21. The molecule has 5 heteroatoms. The zero-order valence-electron chi connectivity index (χ0n) is 12.0. The molecular formula is C16H17ClN4. The topological polar surface area (TPSA) is 30.9 Å². The number of hydrazone groups is 1. The smallest absolute Gasteiger partial charge is 0.170 e. The van der Waals surface area contributed by atoms with Gasteiger partial charge in [-0.25, -0.2) is 10.4 Å². The van der Waals surface area contributed by atoms with Crippen LogP contribution in [0.4, 0.5) is 5.69 Å².